The molecule has 3 N–H and O–H groups in total. The normalized spacial score (nSPS) is 11.3. The van der Waals surface area contributed by atoms with Crippen LogP contribution < -0.4 is 11.1 Å². The summed E-state index contributed by atoms with van der Waals surface area (Å²) in [5, 5.41) is 2.48. The Hall–Kier alpha value is -2.87. The van der Waals surface area contributed by atoms with Crippen molar-refractivity contribution in [2.75, 3.05) is 6.61 Å². The molecule has 0 bridgehead atoms. The molecule has 142 valence electrons. The first kappa shape index (κ1) is 20.4. The molecule has 2 aromatic rings. The van der Waals surface area contributed by atoms with Crippen LogP contribution in [0.15, 0.2) is 59.1 Å². The topological polar surface area (TPSA) is 108 Å². The number of rotatable bonds is 8. The quantitative estimate of drug-likeness (QED) is 0.619. The number of primary amides is 1. The molecule has 0 aliphatic heterocycles. The summed E-state index contributed by atoms with van der Waals surface area (Å²) in [7, 11) is 0. The summed E-state index contributed by atoms with van der Waals surface area (Å²) in [5.41, 5.74) is 6.59. The summed E-state index contributed by atoms with van der Waals surface area (Å²) in [6.07, 6.45) is -0.619. The van der Waals surface area contributed by atoms with Crippen LogP contribution in [-0.2, 0) is 32.1 Å². The average molecular weight is 435 g/mol. The van der Waals surface area contributed by atoms with Gasteiger partial charge in [-0.1, -0.05) is 64.5 Å². The molecular weight excluding hydrogens is 416 g/mol. The van der Waals surface area contributed by atoms with E-state index in [0.717, 1.165) is 15.6 Å². The van der Waals surface area contributed by atoms with Crippen molar-refractivity contribution in [2.24, 2.45) is 5.73 Å². The van der Waals surface area contributed by atoms with Gasteiger partial charge in [0.1, 0.15) is 12.6 Å². The molecule has 0 spiro atoms. The lowest BCUT2D eigenvalue weighted by Gasteiger charge is -2.18. The Balaban J connectivity index is 2.01. The fourth-order valence-corrected chi connectivity index (χ4v) is 2.67. The number of alkyl carbamates (subject to hydrolysis) is 1. The fraction of sp³-hybridized carbons (Fsp3) is 0.211. The Morgan fingerprint density at radius 1 is 1.00 bits per heavy atom. The lowest BCUT2D eigenvalue weighted by atomic mass is 10.1. The highest BCUT2D eigenvalue weighted by molar-refractivity contribution is 9.10. The van der Waals surface area contributed by atoms with E-state index in [1.165, 1.54) is 0 Å². The zero-order valence-electron chi connectivity index (χ0n) is 14.4. The van der Waals surface area contributed by atoms with Crippen LogP contribution in [0, 0.1) is 0 Å². The van der Waals surface area contributed by atoms with Gasteiger partial charge in [-0.25, -0.2) is 9.59 Å². The Bertz CT molecular complexity index is 798. The maximum atomic E-state index is 12.3. The Kier molecular flexibility index (Phi) is 7.81. The first-order valence-electron chi connectivity index (χ1n) is 8.11. The second-order valence-electron chi connectivity index (χ2n) is 5.63. The van der Waals surface area contributed by atoms with Crippen LogP contribution in [0.5, 0.6) is 0 Å². The molecule has 2 aromatic carbocycles. The molecule has 7 nitrogen and oxygen atoms in total. The summed E-state index contributed by atoms with van der Waals surface area (Å²) < 4.78 is 10.8. The zero-order chi connectivity index (χ0) is 19.6. The molecule has 0 saturated carbocycles. The molecule has 2 rings (SSSR count). The van der Waals surface area contributed by atoms with Gasteiger partial charge in [-0.05, 0) is 17.2 Å². The Morgan fingerprint density at radius 3 is 2.33 bits per heavy atom. The van der Waals surface area contributed by atoms with Crippen molar-refractivity contribution < 1.29 is 23.9 Å². The third-order valence-corrected chi connectivity index (χ3v) is 4.30. The number of amides is 2. The monoisotopic (exact) mass is 434 g/mol. The second-order valence-corrected chi connectivity index (χ2v) is 6.48. The summed E-state index contributed by atoms with van der Waals surface area (Å²) in [4.78, 5) is 35.2. The number of ether oxygens (including phenoxy) is 2. The van der Waals surface area contributed by atoms with E-state index in [1.54, 1.807) is 12.1 Å². The first-order chi connectivity index (χ1) is 13.0. The van der Waals surface area contributed by atoms with Crippen LogP contribution in [0.1, 0.15) is 11.1 Å². The van der Waals surface area contributed by atoms with Gasteiger partial charge in [-0.15, -0.1) is 0 Å². The first-order valence-corrected chi connectivity index (χ1v) is 8.90. The highest BCUT2D eigenvalue weighted by Crippen LogP contribution is 2.18. The molecule has 0 heterocycles. The van der Waals surface area contributed by atoms with Crippen LogP contribution in [0.2, 0.25) is 0 Å². The van der Waals surface area contributed by atoms with E-state index in [9.17, 15) is 14.4 Å². The van der Waals surface area contributed by atoms with E-state index in [2.05, 4.69) is 21.2 Å². The maximum Gasteiger partial charge on any atom is 0.408 e. The van der Waals surface area contributed by atoms with Crippen molar-refractivity contribution >= 4 is 33.9 Å². The van der Waals surface area contributed by atoms with Gasteiger partial charge in [0.15, 0.2) is 6.61 Å². The number of carbonyl (C=O) groups is 3. The minimum Gasteiger partial charge on any atom is -0.454 e. The van der Waals surface area contributed by atoms with Crippen molar-refractivity contribution in [3.05, 3.63) is 70.2 Å². The number of halogens is 1. The number of carbonyl (C=O) groups excluding carboxylic acids is 3. The van der Waals surface area contributed by atoms with Crippen molar-refractivity contribution in [1.82, 2.24) is 5.32 Å². The van der Waals surface area contributed by atoms with Gasteiger partial charge in [0, 0.05) is 10.9 Å². The zero-order valence-corrected chi connectivity index (χ0v) is 16.0. The number of nitrogens with one attached hydrogen (secondary N) is 1. The second kappa shape index (κ2) is 10.3. The molecule has 0 aliphatic carbocycles. The third-order valence-electron chi connectivity index (χ3n) is 3.53. The van der Waals surface area contributed by atoms with Crippen LogP contribution in [0.4, 0.5) is 4.79 Å². The van der Waals surface area contributed by atoms with E-state index < -0.39 is 30.6 Å². The lowest BCUT2D eigenvalue weighted by molar-refractivity contribution is -0.149. The van der Waals surface area contributed by atoms with E-state index >= 15 is 0 Å². The van der Waals surface area contributed by atoms with Gasteiger partial charge in [-0.3, -0.25) is 4.79 Å². The molecule has 1 atom stereocenters. The lowest BCUT2D eigenvalue weighted by Crippen LogP contribution is -2.44. The van der Waals surface area contributed by atoms with E-state index in [0.29, 0.717) is 0 Å². The number of nitrogens with two attached hydrogens (primary N) is 1. The van der Waals surface area contributed by atoms with E-state index in [4.69, 9.17) is 15.2 Å². The summed E-state index contributed by atoms with van der Waals surface area (Å²) in [5.74, 6) is -1.56. The predicted molar refractivity (Wildman–Crippen MR) is 102 cm³/mol. The molecule has 0 unspecified atom stereocenters. The molecule has 2 amide bonds. The molecule has 27 heavy (non-hydrogen) atoms. The van der Waals surface area contributed by atoms with Gasteiger partial charge < -0.3 is 20.5 Å². The highest BCUT2D eigenvalue weighted by Gasteiger charge is 2.24. The van der Waals surface area contributed by atoms with Crippen LogP contribution in [0.3, 0.4) is 0 Å². The number of hydrogen-bond donors (Lipinski definition) is 2. The smallest absolute Gasteiger partial charge is 0.408 e. The van der Waals surface area contributed by atoms with Gasteiger partial charge >= 0.3 is 12.1 Å². The number of benzene rings is 2. The maximum absolute atomic E-state index is 12.3. The Morgan fingerprint density at radius 2 is 1.67 bits per heavy atom. The highest BCUT2D eigenvalue weighted by atomic mass is 79.9. The predicted octanol–water partition coefficient (Wildman–Crippen LogP) is 2.32. The van der Waals surface area contributed by atoms with Crippen LogP contribution in [0.25, 0.3) is 0 Å². The molecule has 0 fully saturated rings. The van der Waals surface area contributed by atoms with Gasteiger partial charge in [0.25, 0.3) is 5.91 Å². The van der Waals surface area contributed by atoms with Gasteiger partial charge in [-0.2, -0.15) is 0 Å². The SMILES string of the molecule is NC(=O)COC(=O)[C@@H](Cc1ccccc1Br)NC(=O)OCc1ccccc1. The minimum absolute atomic E-state index is 0.0603. The van der Waals surface area contributed by atoms with Crippen molar-refractivity contribution in [2.45, 2.75) is 19.1 Å². The van der Waals surface area contributed by atoms with Crippen LogP contribution in [-0.4, -0.2) is 30.6 Å². The molecule has 0 aromatic heterocycles. The van der Waals surface area contributed by atoms with Crippen molar-refractivity contribution in [3.8, 4) is 0 Å². The third kappa shape index (κ3) is 7.10. The molecule has 8 heteroatoms. The minimum atomic E-state index is -1.04. The Labute approximate surface area is 165 Å². The van der Waals surface area contributed by atoms with Crippen molar-refractivity contribution in [1.29, 1.82) is 0 Å². The average Bonchev–Trinajstić information content (AvgIpc) is 2.66. The molecular formula is C19H19BrN2O5. The van der Waals surface area contributed by atoms with E-state index in [1.807, 2.05) is 42.5 Å². The number of esters is 1. The summed E-state index contributed by atoms with van der Waals surface area (Å²) in [6, 6.07) is 15.3. The molecule has 0 aliphatic rings. The summed E-state index contributed by atoms with van der Waals surface area (Å²) >= 11 is 3.39. The summed E-state index contributed by atoms with van der Waals surface area (Å²) in [6.45, 7) is -0.503. The number of hydrogen-bond acceptors (Lipinski definition) is 5. The molecule has 0 saturated heterocycles. The van der Waals surface area contributed by atoms with Crippen molar-refractivity contribution in [3.63, 3.8) is 0 Å². The van der Waals surface area contributed by atoms with E-state index in [-0.39, 0.29) is 13.0 Å². The van der Waals surface area contributed by atoms with Gasteiger partial charge in [0.2, 0.25) is 0 Å². The fourth-order valence-electron chi connectivity index (χ4n) is 2.23. The standard InChI is InChI=1S/C19H19BrN2O5/c20-15-9-5-4-8-14(15)10-16(18(24)26-12-17(21)23)22-19(25)27-11-13-6-2-1-3-7-13/h1-9,16H,10-12H2,(H2,21,23)(H,22,25)/t16-/m1/s1. The van der Waals surface area contributed by atoms with Crippen LogP contribution >= 0.6 is 15.9 Å². The molecule has 0 radical (unpaired) electrons. The van der Waals surface area contributed by atoms with Gasteiger partial charge in [0.05, 0.1) is 0 Å². The largest absolute Gasteiger partial charge is 0.454 e.